The summed E-state index contributed by atoms with van der Waals surface area (Å²) in [6.45, 7) is 3.37. The number of carbonyl (C=O) groups is 1. The van der Waals surface area contributed by atoms with Gasteiger partial charge in [0.25, 0.3) is 0 Å². The molecule has 0 amide bonds. The first-order valence-electron chi connectivity index (χ1n) is 9.15. The molecular weight excluding hydrogens is 321 g/mol. The number of carboxylic acids is 1. The third-order valence-corrected chi connectivity index (χ3v) is 5.15. The molecule has 136 valence electrons. The van der Waals surface area contributed by atoms with Gasteiger partial charge in [-0.3, -0.25) is 0 Å². The maximum Gasteiger partial charge on any atom is 0.364 e. The Kier molecular flexibility index (Phi) is 6.02. The molecule has 1 atom stereocenters. The summed E-state index contributed by atoms with van der Waals surface area (Å²) in [5.41, 5.74) is 0.441. The van der Waals surface area contributed by atoms with Crippen LogP contribution in [0.4, 0.5) is 10.2 Å². The molecule has 1 aliphatic carbocycles. The average Bonchev–Trinajstić information content (AvgIpc) is 3.04. The molecule has 0 spiro atoms. The van der Waals surface area contributed by atoms with Gasteiger partial charge in [-0.05, 0) is 49.0 Å². The molecule has 1 aliphatic heterocycles. The predicted molar refractivity (Wildman–Crippen MR) is 96.0 cm³/mol. The first kappa shape index (κ1) is 17.9. The Labute approximate surface area is 147 Å². The fourth-order valence-electron chi connectivity index (χ4n) is 3.84. The van der Waals surface area contributed by atoms with Gasteiger partial charge in [-0.25, -0.2) is 9.78 Å². The molecule has 1 saturated carbocycles. The number of hydrogen-bond donors (Lipinski definition) is 2. The fraction of sp³-hybridized carbons (Fsp3) is 0.579. The Morgan fingerprint density at radius 2 is 2.12 bits per heavy atom. The quantitative estimate of drug-likeness (QED) is 0.771. The monoisotopic (exact) mass is 347 g/mol. The van der Waals surface area contributed by atoms with Crippen LogP contribution in [0, 0.1) is 5.92 Å². The Morgan fingerprint density at radius 3 is 2.80 bits per heavy atom. The highest BCUT2D eigenvalue weighted by molar-refractivity contribution is 5.89. The molecule has 1 saturated heterocycles. The SMILES string of the molecule is O=C(O)C(F)=Cc1ccc(N[C@@H]2CCN(CC3CCCCC3)C2)nc1. The normalized spacial score (nSPS) is 22.9. The van der Waals surface area contributed by atoms with Gasteiger partial charge in [0.1, 0.15) is 5.82 Å². The van der Waals surface area contributed by atoms with E-state index >= 15 is 0 Å². The van der Waals surface area contributed by atoms with E-state index in [2.05, 4.69) is 15.2 Å². The van der Waals surface area contributed by atoms with E-state index in [1.54, 1.807) is 12.1 Å². The fourth-order valence-corrected chi connectivity index (χ4v) is 3.84. The molecule has 2 fully saturated rings. The second-order valence-electron chi connectivity index (χ2n) is 7.17. The predicted octanol–water partition coefficient (Wildman–Crippen LogP) is 3.54. The van der Waals surface area contributed by atoms with Crippen molar-refractivity contribution in [3.63, 3.8) is 0 Å². The zero-order chi connectivity index (χ0) is 17.6. The van der Waals surface area contributed by atoms with Crippen molar-refractivity contribution in [3.05, 3.63) is 29.7 Å². The summed E-state index contributed by atoms with van der Waals surface area (Å²) in [6.07, 6.45) is 10.5. The molecule has 0 radical (unpaired) electrons. The molecule has 2 heterocycles. The summed E-state index contributed by atoms with van der Waals surface area (Å²) >= 11 is 0. The Hall–Kier alpha value is -1.95. The van der Waals surface area contributed by atoms with E-state index in [-0.39, 0.29) is 0 Å². The molecule has 2 N–H and O–H groups in total. The van der Waals surface area contributed by atoms with Crippen LogP contribution in [0.25, 0.3) is 6.08 Å². The number of aromatic nitrogens is 1. The minimum absolute atomic E-state index is 0.383. The van der Waals surface area contributed by atoms with Gasteiger partial charge in [-0.1, -0.05) is 19.3 Å². The second-order valence-corrected chi connectivity index (χ2v) is 7.17. The lowest BCUT2D eigenvalue weighted by molar-refractivity contribution is -0.134. The molecule has 1 aromatic rings. The summed E-state index contributed by atoms with van der Waals surface area (Å²) in [5.74, 6) is -1.14. The molecule has 1 aromatic heterocycles. The van der Waals surface area contributed by atoms with Crippen LogP contribution < -0.4 is 5.32 Å². The van der Waals surface area contributed by atoms with Gasteiger partial charge in [-0.15, -0.1) is 0 Å². The van der Waals surface area contributed by atoms with Crippen molar-refractivity contribution in [3.8, 4) is 0 Å². The van der Waals surface area contributed by atoms with Crippen molar-refractivity contribution in [1.29, 1.82) is 0 Å². The highest BCUT2D eigenvalue weighted by Gasteiger charge is 2.25. The summed E-state index contributed by atoms with van der Waals surface area (Å²) in [7, 11) is 0. The molecule has 0 aromatic carbocycles. The van der Waals surface area contributed by atoms with Gasteiger partial charge < -0.3 is 15.3 Å². The summed E-state index contributed by atoms with van der Waals surface area (Å²) in [4.78, 5) is 17.3. The standard InChI is InChI=1S/C19H26FN3O2/c20-17(19(24)25)10-15-6-7-18(21-11-15)22-16-8-9-23(13-16)12-14-4-2-1-3-5-14/h6-7,10-11,14,16H,1-5,8-9,12-13H2,(H,21,22)(H,24,25)/t16-/m1/s1. The summed E-state index contributed by atoms with van der Waals surface area (Å²) < 4.78 is 13.1. The lowest BCUT2D eigenvalue weighted by atomic mass is 9.89. The molecular formula is C19H26FN3O2. The molecule has 6 heteroatoms. The van der Waals surface area contributed by atoms with Gasteiger partial charge in [0.2, 0.25) is 5.83 Å². The van der Waals surface area contributed by atoms with Crippen molar-refractivity contribution < 1.29 is 14.3 Å². The van der Waals surface area contributed by atoms with Crippen LogP contribution in [0.2, 0.25) is 0 Å². The van der Waals surface area contributed by atoms with Gasteiger partial charge >= 0.3 is 5.97 Å². The highest BCUT2D eigenvalue weighted by atomic mass is 19.1. The molecule has 3 rings (SSSR count). The van der Waals surface area contributed by atoms with E-state index in [0.29, 0.717) is 11.6 Å². The number of halogens is 1. The highest BCUT2D eigenvalue weighted by Crippen LogP contribution is 2.26. The Morgan fingerprint density at radius 1 is 1.32 bits per heavy atom. The number of rotatable bonds is 6. The lowest BCUT2D eigenvalue weighted by Gasteiger charge is -2.26. The number of anilines is 1. The third kappa shape index (κ3) is 5.26. The number of nitrogens with zero attached hydrogens (tertiary/aromatic N) is 2. The Balaban J connectivity index is 1.48. The summed E-state index contributed by atoms with van der Waals surface area (Å²) in [5, 5.41) is 12.0. The molecule has 25 heavy (non-hydrogen) atoms. The van der Waals surface area contributed by atoms with Crippen LogP contribution in [-0.2, 0) is 4.79 Å². The van der Waals surface area contributed by atoms with Gasteiger partial charge in [0, 0.05) is 31.9 Å². The van der Waals surface area contributed by atoms with E-state index in [0.717, 1.165) is 37.3 Å². The maximum atomic E-state index is 13.1. The van der Waals surface area contributed by atoms with Crippen molar-refractivity contribution in [1.82, 2.24) is 9.88 Å². The second kappa shape index (κ2) is 8.43. The van der Waals surface area contributed by atoms with Crippen LogP contribution in [-0.4, -0.2) is 46.6 Å². The third-order valence-electron chi connectivity index (χ3n) is 5.15. The number of carboxylic acid groups (broad SMARTS) is 1. The number of nitrogens with one attached hydrogen (secondary N) is 1. The average molecular weight is 347 g/mol. The van der Waals surface area contributed by atoms with Gasteiger partial charge in [0.15, 0.2) is 0 Å². The Bertz CT molecular complexity index is 612. The van der Waals surface area contributed by atoms with Crippen molar-refractivity contribution >= 4 is 17.9 Å². The lowest BCUT2D eigenvalue weighted by Crippen LogP contribution is -2.31. The van der Waals surface area contributed by atoms with E-state index < -0.39 is 11.8 Å². The first-order chi connectivity index (χ1) is 12.1. The van der Waals surface area contributed by atoms with Crippen LogP contribution in [0.5, 0.6) is 0 Å². The zero-order valence-electron chi connectivity index (χ0n) is 14.5. The van der Waals surface area contributed by atoms with Crippen molar-refractivity contribution in [2.75, 3.05) is 25.0 Å². The van der Waals surface area contributed by atoms with E-state index in [9.17, 15) is 9.18 Å². The minimum Gasteiger partial charge on any atom is -0.476 e. The van der Waals surface area contributed by atoms with Gasteiger partial charge in [-0.2, -0.15) is 4.39 Å². The molecule has 0 unspecified atom stereocenters. The van der Waals surface area contributed by atoms with Crippen LogP contribution in [0.15, 0.2) is 24.2 Å². The zero-order valence-corrected chi connectivity index (χ0v) is 14.5. The molecule has 2 aliphatic rings. The van der Waals surface area contributed by atoms with E-state index in [1.165, 1.54) is 44.8 Å². The summed E-state index contributed by atoms with van der Waals surface area (Å²) in [6, 6.07) is 3.82. The maximum absolute atomic E-state index is 13.1. The first-order valence-corrected chi connectivity index (χ1v) is 9.15. The van der Waals surface area contributed by atoms with Crippen LogP contribution in [0.3, 0.4) is 0 Å². The van der Waals surface area contributed by atoms with Crippen LogP contribution in [0.1, 0.15) is 44.1 Å². The molecule has 0 bridgehead atoms. The number of hydrogen-bond acceptors (Lipinski definition) is 4. The largest absolute Gasteiger partial charge is 0.476 e. The topological polar surface area (TPSA) is 65.5 Å². The molecule has 5 nitrogen and oxygen atoms in total. The van der Waals surface area contributed by atoms with Crippen molar-refractivity contribution in [2.45, 2.75) is 44.6 Å². The van der Waals surface area contributed by atoms with Gasteiger partial charge in [0.05, 0.1) is 0 Å². The number of likely N-dealkylation sites (tertiary alicyclic amines) is 1. The smallest absolute Gasteiger partial charge is 0.364 e. The number of aliphatic carboxylic acids is 1. The van der Waals surface area contributed by atoms with Crippen LogP contribution >= 0.6 is 0 Å². The van der Waals surface area contributed by atoms with E-state index in [4.69, 9.17) is 5.11 Å². The van der Waals surface area contributed by atoms with Crippen molar-refractivity contribution in [2.24, 2.45) is 5.92 Å². The number of pyridine rings is 1. The van der Waals surface area contributed by atoms with E-state index in [1.807, 2.05) is 0 Å². The minimum atomic E-state index is -1.56.